The van der Waals surface area contributed by atoms with Gasteiger partial charge in [-0.2, -0.15) is 0 Å². The van der Waals surface area contributed by atoms with Crippen molar-refractivity contribution in [3.63, 3.8) is 0 Å². The highest BCUT2D eigenvalue weighted by Gasteiger charge is 2.26. The third kappa shape index (κ3) is 4.63. The van der Waals surface area contributed by atoms with Gasteiger partial charge < -0.3 is 29.2 Å². The highest BCUT2D eigenvalue weighted by atomic mass is 35.5. The molecule has 0 saturated carbocycles. The number of methoxy groups -OCH3 is 3. The van der Waals surface area contributed by atoms with Gasteiger partial charge in [-0.05, 0) is 25.0 Å². The molecule has 9 heteroatoms. The second-order valence-electron chi connectivity index (χ2n) is 5.69. The smallest absolute Gasteiger partial charge is 0.411 e. The van der Waals surface area contributed by atoms with E-state index < -0.39 is 6.09 Å². The number of halogens is 1. The van der Waals surface area contributed by atoms with Crippen LogP contribution in [0.5, 0.6) is 17.2 Å². The Morgan fingerprint density at radius 3 is 2.38 bits per heavy atom. The number of ether oxygens (including phenoxy) is 4. The number of carbonyl (C=O) groups is 2. The van der Waals surface area contributed by atoms with Crippen LogP contribution < -0.4 is 19.5 Å². The van der Waals surface area contributed by atoms with Crippen LogP contribution in [0.1, 0.15) is 23.2 Å². The number of alkyl halides is 1. The number of nitrogens with one attached hydrogen (secondary N) is 1. The zero-order valence-electron chi connectivity index (χ0n) is 15.0. The summed E-state index contributed by atoms with van der Waals surface area (Å²) < 4.78 is 20.6. The fourth-order valence-corrected chi connectivity index (χ4v) is 2.97. The van der Waals surface area contributed by atoms with Gasteiger partial charge in [-0.15, -0.1) is 0 Å². The summed E-state index contributed by atoms with van der Waals surface area (Å²) in [6.45, 7) is 0.943. The van der Waals surface area contributed by atoms with Crippen molar-refractivity contribution in [3.8, 4) is 17.2 Å². The highest BCUT2D eigenvalue weighted by molar-refractivity contribution is 6.17. The topological polar surface area (TPSA) is 86.3 Å². The summed E-state index contributed by atoms with van der Waals surface area (Å²) in [6.07, 6.45) is 1.05. The summed E-state index contributed by atoms with van der Waals surface area (Å²) in [5.74, 6) is 0.918. The third-order valence-electron chi connectivity index (χ3n) is 4.12. The molecule has 1 N–H and O–H groups in total. The van der Waals surface area contributed by atoms with Crippen LogP contribution in [0.3, 0.4) is 0 Å². The molecule has 1 aliphatic heterocycles. The maximum Gasteiger partial charge on any atom is 0.411 e. The molecular weight excluding hydrogens is 364 g/mol. The van der Waals surface area contributed by atoms with Gasteiger partial charge in [0.05, 0.1) is 21.3 Å². The van der Waals surface area contributed by atoms with Gasteiger partial charge in [0, 0.05) is 24.7 Å². The Labute approximate surface area is 157 Å². The third-order valence-corrected chi connectivity index (χ3v) is 4.23. The summed E-state index contributed by atoms with van der Waals surface area (Å²) in [7, 11) is 4.47. The molecule has 2 amide bonds. The van der Waals surface area contributed by atoms with Crippen molar-refractivity contribution < 1.29 is 28.5 Å². The van der Waals surface area contributed by atoms with Gasteiger partial charge in [0.1, 0.15) is 0 Å². The lowest BCUT2D eigenvalue weighted by molar-refractivity contribution is 0.0852. The van der Waals surface area contributed by atoms with Crippen LogP contribution in [-0.2, 0) is 4.74 Å². The van der Waals surface area contributed by atoms with Crippen molar-refractivity contribution in [1.29, 1.82) is 0 Å². The van der Waals surface area contributed by atoms with E-state index in [0.717, 1.165) is 12.8 Å². The van der Waals surface area contributed by atoms with Gasteiger partial charge in [-0.3, -0.25) is 4.79 Å². The van der Waals surface area contributed by atoms with E-state index in [1.807, 2.05) is 0 Å². The first-order chi connectivity index (χ1) is 12.5. The molecule has 1 aromatic carbocycles. The predicted octanol–water partition coefficient (Wildman–Crippen LogP) is 2.24. The summed E-state index contributed by atoms with van der Waals surface area (Å²) in [5, 5.41) is 2.93. The molecule has 1 aromatic rings. The van der Waals surface area contributed by atoms with Gasteiger partial charge in [0.2, 0.25) is 5.75 Å². The number of nitrogens with zero attached hydrogens (tertiary/aromatic N) is 1. The van der Waals surface area contributed by atoms with Crippen molar-refractivity contribution in [2.45, 2.75) is 18.9 Å². The number of benzene rings is 1. The molecule has 8 nitrogen and oxygen atoms in total. The molecule has 26 heavy (non-hydrogen) atoms. The predicted molar refractivity (Wildman–Crippen MR) is 95.4 cm³/mol. The first-order valence-corrected chi connectivity index (χ1v) is 8.66. The number of amides is 2. The number of hydrogen-bond donors (Lipinski definition) is 1. The average Bonchev–Trinajstić information content (AvgIpc) is 2.67. The van der Waals surface area contributed by atoms with E-state index in [-0.39, 0.29) is 18.0 Å². The van der Waals surface area contributed by atoms with E-state index in [1.165, 1.54) is 26.2 Å². The maximum absolute atomic E-state index is 12.6. The molecule has 2 rings (SSSR count). The lowest BCUT2D eigenvalue weighted by atomic mass is 10.1. The van der Waals surface area contributed by atoms with Crippen LogP contribution in [0.2, 0.25) is 0 Å². The van der Waals surface area contributed by atoms with E-state index >= 15 is 0 Å². The molecule has 1 unspecified atom stereocenters. The molecule has 0 aromatic heterocycles. The second-order valence-corrected chi connectivity index (χ2v) is 5.91. The highest BCUT2D eigenvalue weighted by Crippen LogP contribution is 2.38. The minimum absolute atomic E-state index is 0.182. The van der Waals surface area contributed by atoms with Crippen LogP contribution >= 0.6 is 11.6 Å². The van der Waals surface area contributed by atoms with Crippen LogP contribution in [0.4, 0.5) is 4.79 Å². The quantitative estimate of drug-likeness (QED) is 0.754. The molecular formula is C17H23ClN2O6. The fraction of sp³-hybridized carbons (Fsp3) is 0.529. The Hall–Kier alpha value is -2.35. The van der Waals surface area contributed by atoms with Crippen LogP contribution in [0.15, 0.2) is 12.1 Å². The molecule has 1 heterocycles. The van der Waals surface area contributed by atoms with E-state index in [1.54, 1.807) is 12.1 Å². The zero-order chi connectivity index (χ0) is 19.1. The number of carbonyl (C=O) groups excluding carboxylic acids is 2. The van der Waals surface area contributed by atoms with Crippen molar-refractivity contribution in [2.75, 3.05) is 40.5 Å². The van der Waals surface area contributed by atoms with Crippen LogP contribution in [0, 0.1) is 0 Å². The second kappa shape index (κ2) is 9.38. The molecule has 0 bridgehead atoms. The normalized spacial score (nSPS) is 16.6. The van der Waals surface area contributed by atoms with Crippen LogP contribution in [-0.4, -0.2) is 63.4 Å². The summed E-state index contributed by atoms with van der Waals surface area (Å²) in [4.78, 5) is 26.0. The van der Waals surface area contributed by atoms with E-state index in [2.05, 4.69) is 5.32 Å². The molecule has 1 atom stereocenters. The number of likely N-dealkylation sites (tertiary alicyclic amines) is 1. The fourth-order valence-electron chi connectivity index (χ4n) is 2.88. The van der Waals surface area contributed by atoms with Crippen LogP contribution in [0.25, 0.3) is 0 Å². The maximum atomic E-state index is 12.6. The molecule has 144 valence electrons. The number of hydrogen-bond acceptors (Lipinski definition) is 6. The van der Waals surface area contributed by atoms with Gasteiger partial charge in [0.25, 0.3) is 5.91 Å². The summed E-state index contributed by atoms with van der Waals surface area (Å²) in [6, 6.07) is 2.79. The van der Waals surface area contributed by atoms with Crippen molar-refractivity contribution in [3.05, 3.63) is 17.7 Å². The van der Waals surface area contributed by atoms with Gasteiger partial charge >= 0.3 is 6.09 Å². The molecule has 0 spiro atoms. The van der Waals surface area contributed by atoms with Gasteiger partial charge in [0.15, 0.2) is 17.6 Å². The van der Waals surface area contributed by atoms with Crippen molar-refractivity contribution in [2.24, 2.45) is 0 Å². The van der Waals surface area contributed by atoms with E-state index in [9.17, 15) is 9.59 Å². The molecule has 1 aliphatic rings. The Bertz CT molecular complexity index is 629. The molecule has 1 saturated heterocycles. The lowest BCUT2D eigenvalue weighted by Gasteiger charge is -2.32. The average molecular weight is 387 g/mol. The summed E-state index contributed by atoms with van der Waals surface area (Å²) in [5.41, 5.74) is 0.375. The molecule has 0 aliphatic carbocycles. The van der Waals surface area contributed by atoms with Crippen molar-refractivity contribution >= 4 is 23.6 Å². The van der Waals surface area contributed by atoms with Gasteiger partial charge in [-0.25, -0.2) is 4.79 Å². The Kier molecular flexibility index (Phi) is 7.20. The molecule has 1 fully saturated rings. The SMILES string of the molecule is COc1cc(C(=O)NC2CCCN(C(=O)OCCl)C2)cc(OC)c1OC. The first-order valence-electron chi connectivity index (χ1n) is 8.12. The number of rotatable bonds is 6. The standard InChI is InChI=1S/C17H23ClN2O6/c1-23-13-7-11(8-14(24-2)15(13)25-3)16(21)19-12-5-4-6-20(9-12)17(22)26-10-18/h7-8,12H,4-6,9-10H2,1-3H3,(H,19,21). The first kappa shape index (κ1) is 20.0. The summed E-state index contributed by atoms with van der Waals surface area (Å²) >= 11 is 5.42. The van der Waals surface area contributed by atoms with E-state index in [0.29, 0.717) is 35.9 Å². The Balaban J connectivity index is 2.10. The largest absolute Gasteiger partial charge is 0.493 e. The molecule has 0 radical (unpaired) electrons. The van der Waals surface area contributed by atoms with Gasteiger partial charge in [-0.1, -0.05) is 11.6 Å². The minimum Gasteiger partial charge on any atom is -0.493 e. The Morgan fingerprint density at radius 1 is 1.19 bits per heavy atom. The van der Waals surface area contributed by atoms with Crippen molar-refractivity contribution in [1.82, 2.24) is 10.2 Å². The minimum atomic E-state index is -0.480. The zero-order valence-corrected chi connectivity index (χ0v) is 15.8. The lowest BCUT2D eigenvalue weighted by Crippen LogP contribution is -2.49. The Morgan fingerprint density at radius 2 is 1.85 bits per heavy atom. The monoisotopic (exact) mass is 386 g/mol. The van der Waals surface area contributed by atoms with E-state index in [4.69, 9.17) is 30.5 Å². The number of piperidine rings is 1.